The largest absolute Gasteiger partial charge is 0.459 e. The molecular formula is C16H12ClF2NO. The van der Waals surface area contributed by atoms with E-state index in [1.807, 2.05) is 6.07 Å². The molecule has 1 atom stereocenters. The Kier molecular flexibility index (Phi) is 3.66. The van der Waals surface area contributed by atoms with Crippen molar-refractivity contribution in [3.05, 3.63) is 70.4 Å². The molecular weight excluding hydrogens is 296 g/mol. The summed E-state index contributed by atoms with van der Waals surface area (Å²) in [5.41, 5.74) is 7.38. The summed E-state index contributed by atoms with van der Waals surface area (Å²) in [4.78, 5) is 0. The van der Waals surface area contributed by atoms with E-state index in [-0.39, 0.29) is 0 Å². The Bertz CT molecular complexity index is 800. The van der Waals surface area contributed by atoms with Gasteiger partial charge in [-0.1, -0.05) is 17.7 Å². The van der Waals surface area contributed by atoms with E-state index in [0.29, 0.717) is 28.4 Å². The summed E-state index contributed by atoms with van der Waals surface area (Å²) in [6.07, 6.45) is 0.352. The van der Waals surface area contributed by atoms with E-state index in [0.717, 1.165) is 17.5 Å². The molecule has 21 heavy (non-hydrogen) atoms. The van der Waals surface area contributed by atoms with Crippen LogP contribution in [0.15, 0.2) is 46.9 Å². The van der Waals surface area contributed by atoms with Crippen molar-refractivity contribution in [1.29, 1.82) is 0 Å². The van der Waals surface area contributed by atoms with Gasteiger partial charge in [0.25, 0.3) is 0 Å². The molecule has 0 amide bonds. The molecule has 1 unspecified atom stereocenters. The maximum Gasteiger partial charge on any atom is 0.159 e. The van der Waals surface area contributed by atoms with Crippen molar-refractivity contribution >= 4 is 22.6 Å². The van der Waals surface area contributed by atoms with Gasteiger partial charge in [0.1, 0.15) is 11.3 Å². The fraction of sp³-hybridized carbons (Fsp3) is 0.125. The minimum absolute atomic E-state index is 0.352. The van der Waals surface area contributed by atoms with Crippen LogP contribution >= 0.6 is 11.6 Å². The van der Waals surface area contributed by atoms with Gasteiger partial charge in [0.05, 0.1) is 6.04 Å². The van der Waals surface area contributed by atoms with Gasteiger partial charge in [-0.15, -0.1) is 0 Å². The minimum atomic E-state index is -0.879. The first kappa shape index (κ1) is 14.0. The fourth-order valence-electron chi connectivity index (χ4n) is 2.24. The summed E-state index contributed by atoms with van der Waals surface area (Å²) in [6.45, 7) is 0. The standard InChI is InChI=1S/C16H12ClF2NO/c17-11-2-4-15-10(7-11)8-16(21-15)14(20)6-9-1-3-12(18)13(19)5-9/h1-5,7-8,14H,6,20H2. The number of furan rings is 1. The number of hydrogen-bond acceptors (Lipinski definition) is 2. The monoisotopic (exact) mass is 307 g/mol. The molecule has 0 aliphatic carbocycles. The molecule has 108 valence electrons. The second-order valence-corrected chi connectivity index (χ2v) is 5.33. The van der Waals surface area contributed by atoms with Crippen molar-refractivity contribution in [1.82, 2.24) is 0 Å². The van der Waals surface area contributed by atoms with Crippen molar-refractivity contribution in [2.45, 2.75) is 12.5 Å². The first-order valence-electron chi connectivity index (χ1n) is 6.41. The van der Waals surface area contributed by atoms with Crippen LogP contribution in [0, 0.1) is 11.6 Å². The van der Waals surface area contributed by atoms with Crippen molar-refractivity contribution in [3.63, 3.8) is 0 Å². The Morgan fingerprint density at radius 1 is 1.05 bits per heavy atom. The molecule has 5 heteroatoms. The topological polar surface area (TPSA) is 39.2 Å². The molecule has 0 fully saturated rings. The Morgan fingerprint density at radius 3 is 2.62 bits per heavy atom. The first-order chi connectivity index (χ1) is 10.0. The third kappa shape index (κ3) is 2.91. The van der Waals surface area contributed by atoms with Crippen LogP contribution in [0.2, 0.25) is 5.02 Å². The molecule has 0 aliphatic heterocycles. The summed E-state index contributed by atoms with van der Waals surface area (Å²) >= 11 is 5.92. The highest BCUT2D eigenvalue weighted by atomic mass is 35.5. The maximum atomic E-state index is 13.2. The molecule has 0 aliphatic rings. The van der Waals surface area contributed by atoms with Gasteiger partial charge < -0.3 is 10.2 Å². The average molecular weight is 308 g/mol. The van der Waals surface area contributed by atoms with Crippen LogP contribution in [0.4, 0.5) is 8.78 Å². The molecule has 2 N–H and O–H groups in total. The van der Waals surface area contributed by atoms with E-state index in [9.17, 15) is 8.78 Å². The fourth-order valence-corrected chi connectivity index (χ4v) is 2.42. The molecule has 0 saturated carbocycles. The van der Waals surface area contributed by atoms with Crippen LogP contribution in [0.5, 0.6) is 0 Å². The molecule has 0 saturated heterocycles. The summed E-state index contributed by atoms with van der Waals surface area (Å²) < 4.78 is 31.7. The molecule has 0 bridgehead atoms. The summed E-state index contributed by atoms with van der Waals surface area (Å²) in [5, 5.41) is 1.47. The number of fused-ring (bicyclic) bond motifs is 1. The number of rotatable bonds is 3. The zero-order valence-corrected chi connectivity index (χ0v) is 11.7. The number of hydrogen-bond donors (Lipinski definition) is 1. The minimum Gasteiger partial charge on any atom is -0.459 e. The third-order valence-corrected chi connectivity index (χ3v) is 3.54. The smallest absolute Gasteiger partial charge is 0.159 e. The average Bonchev–Trinajstić information content (AvgIpc) is 2.86. The number of nitrogens with two attached hydrogens (primary N) is 1. The van der Waals surface area contributed by atoms with Crippen LogP contribution in [0.1, 0.15) is 17.4 Å². The van der Waals surface area contributed by atoms with Crippen LogP contribution < -0.4 is 5.73 Å². The third-order valence-electron chi connectivity index (χ3n) is 3.30. The lowest BCUT2D eigenvalue weighted by atomic mass is 10.0. The van der Waals surface area contributed by atoms with Crippen molar-refractivity contribution in [2.75, 3.05) is 0 Å². The lowest BCUT2D eigenvalue weighted by Crippen LogP contribution is -2.12. The Balaban J connectivity index is 1.85. The number of halogens is 3. The van der Waals surface area contributed by atoms with Crippen LogP contribution in [0.3, 0.4) is 0 Å². The quantitative estimate of drug-likeness (QED) is 0.767. The van der Waals surface area contributed by atoms with Gasteiger partial charge in [0.15, 0.2) is 11.6 Å². The first-order valence-corrected chi connectivity index (χ1v) is 6.79. The lowest BCUT2D eigenvalue weighted by molar-refractivity contribution is 0.488. The highest BCUT2D eigenvalue weighted by molar-refractivity contribution is 6.31. The predicted molar refractivity (Wildman–Crippen MR) is 78.2 cm³/mol. The maximum absolute atomic E-state index is 13.2. The van der Waals surface area contributed by atoms with E-state index in [4.69, 9.17) is 21.8 Å². The van der Waals surface area contributed by atoms with Gasteiger partial charge in [-0.05, 0) is 48.4 Å². The molecule has 1 aromatic heterocycles. The highest BCUT2D eigenvalue weighted by Gasteiger charge is 2.14. The Hall–Kier alpha value is -1.91. The van der Waals surface area contributed by atoms with E-state index in [1.54, 1.807) is 18.2 Å². The van der Waals surface area contributed by atoms with Crippen LogP contribution in [-0.2, 0) is 6.42 Å². The Labute approximate surface area is 125 Å². The van der Waals surface area contributed by atoms with Gasteiger partial charge in [-0.25, -0.2) is 8.78 Å². The Morgan fingerprint density at radius 2 is 1.86 bits per heavy atom. The highest BCUT2D eigenvalue weighted by Crippen LogP contribution is 2.27. The summed E-state index contributed by atoms with van der Waals surface area (Å²) in [5.74, 6) is -1.17. The molecule has 0 radical (unpaired) electrons. The molecule has 3 aromatic rings. The molecule has 1 heterocycles. The molecule has 3 rings (SSSR count). The molecule has 0 spiro atoms. The normalized spacial score (nSPS) is 12.8. The van der Waals surface area contributed by atoms with Crippen LogP contribution in [-0.4, -0.2) is 0 Å². The second kappa shape index (κ2) is 5.47. The predicted octanol–water partition coefficient (Wildman–Crippen LogP) is 4.61. The zero-order chi connectivity index (χ0) is 15.0. The van der Waals surface area contributed by atoms with E-state index >= 15 is 0 Å². The van der Waals surface area contributed by atoms with Crippen molar-refractivity contribution in [3.8, 4) is 0 Å². The van der Waals surface area contributed by atoms with Gasteiger partial charge >= 0.3 is 0 Å². The molecule has 2 nitrogen and oxygen atoms in total. The molecule has 2 aromatic carbocycles. The SMILES string of the molecule is NC(Cc1ccc(F)c(F)c1)c1cc2cc(Cl)ccc2o1. The van der Waals surface area contributed by atoms with Crippen LogP contribution in [0.25, 0.3) is 11.0 Å². The second-order valence-electron chi connectivity index (χ2n) is 4.89. The van der Waals surface area contributed by atoms with Gasteiger partial charge in [-0.3, -0.25) is 0 Å². The van der Waals surface area contributed by atoms with E-state index < -0.39 is 17.7 Å². The lowest BCUT2D eigenvalue weighted by Gasteiger charge is -2.08. The van der Waals surface area contributed by atoms with Gasteiger partial charge in [0, 0.05) is 10.4 Å². The number of benzene rings is 2. The zero-order valence-electron chi connectivity index (χ0n) is 10.9. The van der Waals surface area contributed by atoms with Gasteiger partial charge in [-0.2, -0.15) is 0 Å². The van der Waals surface area contributed by atoms with E-state index in [2.05, 4.69) is 0 Å². The van der Waals surface area contributed by atoms with Crippen molar-refractivity contribution < 1.29 is 13.2 Å². The summed E-state index contributed by atoms with van der Waals surface area (Å²) in [7, 11) is 0. The summed E-state index contributed by atoms with van der Waals surface area (Å²) in [6, 6.07) is 10.4. The van der Waals surface area contributed by atoms with Gasteiger partial charge in [0.2, 0.25) is 0 Å². The van der Waals surface area contributed by atoms with Crippen molar-refractivity contribution in [2.24, 2.45) is 5.73 Å². The van der Waals surface area contributed by atoms with E-state index in [1.165, 1.54) is 6.07 Å².